The number of halogens is 2. The monoisotopic (exact) mass is 547 g/mol. The molecule has 0 saturated carbocycles. The molecule has 0 aliphatic heterocycles. The Labute approximate surface area is 228 Å². The van der Waals surface area contributed by atoms with Gasteiger partial charge in [-0.25, -0.2) is 10.2 Å². The smallest absolute Gasteiger partial charge is 0.345 e. The molecule has 2 N–H and O–H groups in total. The average molecular weight is 549 g/mol. The lowest BCUT2D eigenvalue weighted by Gasteiger charge is -2.06. The fourth-order valence-corrected chi connectivity index (χ4v) is 4.01. The van der Waals surface area contributed by atoms with Crippen LogP contribution in [-0.2, 0) is 9.59 Å². The Hall–Kier alpha value is -2.90. The van der Waals surface area contributed by atoms with Crippen LogP contribution in [0.25, 0.3) is 0 Å². The number of benzene rings is 2. The summed E-state index contributed by atoms with van der Waals surface area (Å²) in [5, 5.41) is 7.13. The van der Waals surface area contributed by atoms with E-state index in [0.717, 1.165) is 19.3 Å². The minimum Gasteiger partial charge on any atom is -0.423 e. The van der Waals surface area contributed by atoms with Crippen molar-refractivity contribution in [1.82, 2.24) is 10.7 Å². The van der Waals surface area contributed by atoms with Crippen molar-refractivity contribution >= 4 is 47.2 Å². The Kier molecular flexibility index (Phi) is 14.4. The molecular weight excluding hydrogens is 513 g/mol. The van der Waals surface area contributed by atoms with Gasteiger partial charge in [0.25, 0.3) is 5.91 Å². The van der Waals surface area contributed by atoms with Crippen LogP contribution in [0.4, 0.5) is 0 Å². The molecule has 2 amide bonds. The summed E-state index contributed by atoms with van der Waals surface area (Å²) in [6.07, 6.45) is 12.6. The average Bonchev–Trinajstić information content (AvgIpc) is 2.87. The maximum atomic E-state index is 12.3. The van der Waals surface area contributed by atoms with Crippen LogP contribution in [0.2, 0.25) is 10.0 Å². The molecule has 0 radical (unpaired) electrons. The summed E-state index contributed by atoms with van der Waals surface area (Å²) in [5.41, 5.74) is 3.26. The molecule has 0 atom stereocenters. The molecule has 0 unspecified atom stereocenters. The van der Waals surface area contributed by atoms with Crippen molar-refractivity contribution in [3.63, 3.8) is 0 Å². The third-order valence-electron chi connectivity index (χ3n) is 5.60. The second-order valence-corrected chi connectivity index (χ2v) is 9.57. The Balaban J connectivity index is 1.61. The van der Waals surface area contributed by atoms with Gasteiger partial charge in [-0.05, 0) is 54.4 Å². The van der Waals surface area contributed by atoms with E-state index in [-0.39, 0.29) is 23.0 Å². The van der Waals surface area contributed by atoms with Crippen molar-refractivity contribution < 1.29 is 19.1 Å². The number of nitrogens with zero attached hydrogens (tertiary/aromatic N) is 1. The Morgan fingerprint density at radius 2 is 1.51 bits per heavy atom. The molecule has 0 aliphatic rings. The van der Waals surface area contributed by atoms with Crippen LogP contribution in [0.1, 0.15) is 87.1 Å². The summed E-state index contributed by atoms with van der Waals surface area (Å²) in [7, 11) is 0. The Morgan fingerprint density at radius 1 is 0.865 bits per heavy atom. The van der Waals surface area contributed by atoms with Crippen molar-refractivity contribution in [3.05, 3.63) is 63.6 Å². The van der Waals surface area contributed by atoms with E-state index in [1.807, 2.05) is 0 Å². The molecule has 0 bridgehead atoms. The lowest BCUT2D eigenvalue weighted by atomic mass is 10.1. The Bertz CT molecular complexity index is 1040. The van der Waals surface area contributed by atoms with Crippen LogP contribution in [-0.4, -0.2) is 30.5 Å². The van der Waals surface area contributed by atoms with Gasteiger partial charge in [-0.3, -0.25) is 9.59 Å². The van der Waals surface area contributed by atoms with Crippen molar-refractivity contribution in [2.24, 2.45) is 5.10 Å². The van der Waals surface area contributed by atoms with Crippen LogP contribution < -0.4 is 15.5 Å². The first-order valence-corrected chi connectivity index (χ1v) is 13.5. The predicted molar refractivity (Wildman–Crippen MR) is 148 cm³/mol. The molecule has 0 fully saturated rings. The largest absolute Gasteiger partial charge is 0.423 e. The molecular formula is C28H35Cl2N3O4. The SMILES string of the molecule is CCCCCCCCCCCC(=O)NCC(=O)NN=Cc1ccc(OC(=O)c2ccc(Cl)cc2Cl)cc1. The number of amides is 2. The number of rotatable bonds is 16. The zero-order valence-electron chi connectivity index (χ0n) is 21.2. The van der Waals surface area contributed by atoms with Gasteiger partial charge in [-0.15, -0.1) is 0 Å². The zero-order valence-corrected chi connectivity index (χ0v) is 22.7. The molecule has 2 aromatic carbocycles. The molecule has 0 aromatic heterocycles. The lowest BCUT2D eigenvalue weighted by molar-refractivity contribution is -0.126. The molecule has 7 nitrogen and oxygen atoms in total. The molecule has 0 saturated heterocycles. The standard InChI is InChI=1S/C28H35Cl2N3O4/c1-2-3-4-5-6-7-8-9-10-11-26(34)31-20-27(35)33-32-19-21-12-15-23(16-13-21)37-28(36)24-17-14-22(29)18-25(24)30/h12-19H,2-11,20H2,1H3,(H,31,34)(H,33,35). The van der Waals surface area contributed by atoms with Crippen molar-refractivity contribution in [1.29, 1.82) is 0 Å². The number of hydrogen-bond acceptors (Lipinski definition) is 5. The van der Waals surface area contributed by atoms with Gasteiger partial charge in [0.15, 0.2) is 0 Å². The third-order valence-corrected chi connectivity index (χ3v) is 6.15. The quantitative estimate of drug-likeness (QED) is 0.0802. The van der Waals surface area contributed by atoms with E-state index in [9.17, 15) is 14.4 Å². The first-order valence-electron chi connectivity index (χ1n) is 12.7. The number of hydrogen-bond donors (Lipinski definition) is 2. The first-order chi connectivity index (χ1) is 17.9. The fraction of sp³-hybridized carbons (Fsp3) is 0.429. The van der Waals surface area contributed by atoms with Gasteiger partial charge in [-0.2, -0.15) is 5.10 Å². The van der Waals surface area contributed by atoms with Gasteiger partial charge in [-0.1, -0.05) is 81.5 Å². The molecule has 0 spiro atoms. The number of carbonyl (C=O) groups is 3. The fourth-order valence-electron chi connectivity index (χ4n) is 3.52. The molecule has 37 heavy (non-hydrogen) atoms. The summed E-state index contributed by atoms with van der Waals surface area (Å²) >= 11 is 11.9. The van der Waals surface area contributed by atoms with Gasteiger partial charge in [0.1, 0.15) is 5.75 Å². The molecule has 0 heterocycles. The van der Waals surface area contributed by atoms with Gasteiger partial charge < -0.3 is 10.1 Å². The highest BCUT2D eigenvalue weighted by Gasteiger charge is 2.13. The normalized spacial score (nSPS) is 10.9. The molecule has 0 aliphatic carbocycles. The summed E-state index contributed by atoms with van der Waals surface area (Å²) in [4.78, 5) is 36.1. The van der Waals surface area contributed by atoms with Crippen LogP contribution in [0.3, 0.4) is 0 Å². The highest BCUT2D eigenvalue weighted by atomic mass is 35.5. The summed E-state index contributed by atoms with van der Waals surface area (Å²) in [5.74, 6) is -0.823. The van der Waals surface area contributed by atoms with Gasteiger partial charge in [0.2, 0.25) is 5.91 Å². The summed E-state index contributed by atoms with van der Waals surface area (Å²) in [6.45, 7) is 2.09. The van der Waals surface area contributed by atoms with E-state index < -0.39 is 11.9 Å². The number of carbonyl (C=O) groups excluding carboxylic acids is 3. The number of unbranched alkanes of at least 4 members (excludes halogenated alkanes) is 8. The van der Waals surface area contributed by atoms with Crippen LogP contribution in [0.5, 0.6) is 5.75 Å². The van der Waals surface area contributed by atoms with Crippen molar-refractivity contribution in [3.8, 4) is 5.75 Å². The maximum absolute atomic E-state index is 12.3. The molecule has 200 valence electrons. The maximum Gasteiger partial charge on any atom is 0.345 e. The number of nitrogens with one attached hydrogen (secondary N) is 2. The van der Waals surface area contributed by atoms with E-state index in [1.54, 1.807) is 30.3 Å². The molecule has 2 aromatic rings. The van der Waals surface area contributed by atoms with Gasteiger partial charge in [0.05, 0.1) is 23.3 Å². The second kappa shape index (κ2) is 17.5. The van der Waals surface area contributed by atoms with Gasteiger partial charge >= 0.3 is 5.97 Å². The van der Waals surface area contributed by atoms with E-state index in [2.05, 4.69) is 22.8 Å². The minimum absolute atomic E-state index is 0.129. The predicted octanol–water partition coefficient (Wildman–Crippen LogP) is 6.70. The summed E-state index contributed by atoms with van der Waals surface area (Å²) < 4.78 is 5.32. The van der Waals surface area contributed by atoms with E-state index in [0.29, 0.717) is 22.8 Å². The molecule has 9 heteroatoms. The number of ether oxygens (including phenoxy) is 1. The third kappa shape index (κ3) is 12.8. The van der Waals surface area contributed by atoms with E-state index in [1.165, 1.54) is 56.9 Å². The van der Waals surface area contributed by atoms with E-state index in [4.69, 9.17) is 27.9 Å². The topological polar surface area (TPSA) is 96.9 Å². The van der Waals surface area contributed by atoms with E-state index >= 15 is 0 Å². The Morgan fingerprint density at radius 3 is 2.16 bits per heavy atom. The van der Waals surface area contributed by atoms with Crippen molar-refractivity contribution in [2.75, 3.05) is 6.54 Å². The van der Waals surface area contributed by atoms with Crippen LogP contribution >= 0.6 is 23.2 Å². The number of hydrazone groups is 1. The van der Waals surface area contributed by atoms with Crippen LogP contribution in [0.15, 0.2) is 47.6 Å². The highest BCUT2D eigenvalue weighted by Crippen LogP contribution is 2.23. The molecule has 2 rings (SSSR count). The lowest BCUT2D eigenvalue weighted by Crippen LogP contribution is -2.34. The first kappa shape index (κ1) is 30.3. The zero-order chi connectivity index (χ0) is 26.9. The number of esters is 1. The van der Waals surface area contributed by atoms with Crippen LogP contribution in [0, 0.1) is 0 Å². The highest BCUT2D eigenvalue weighted by molar-refractivity contribution is 6.36. The second-order valence-electron chi connectivity index (χ2n) is 8.73. The van der Waals surface area contributed by atoms with Crippen molar-refractivity contribution in [2.45, 2.75) is 71.1 Å². The van der Waals surface area contributed by atoms with Gasteiger partial charge in [0, 0.05) is 11.4 Å². The minimum atomic E-state index is -0.602. The summed E-state index contributed by atoms with van der Waals surface area (Å²) in [6, 6.07) is 11.1.